The van der Waals surface area contributed by atoms with Crippen molar-refractivity contribution in [2.45, 2.75) is 11.3 Å². The van der Waals surface area contributed by atoms with Gasteiger partial charge in [0.15, 0.2) is 5.75 Å². The average Bonchev–Trinajstić information content (AvgIpc) is 2.17. The third-order valence-electron chi connectivity index (χ3n) is 1.93. The molecule has 78 valence electrons. The zero-order valence-electron chi connectivity index (χ0n) is 8.34. The Morgan fingerprint density at radius 2 is 2.21 bits per heavy atom. The van der Waals surface area contributed by atoms with Gasteiger partial charge in [-0.1, -0.05) is 11.6 Å². The van der Waals surface area contributed by atoms with E-state index in [1.54, 1.807) is 18.9 Å². The molecule has 0 aliphatic rings. The van der Waals surface area contributed by atoms with E-state index >= 15 is 0 Å². The van der Waals surface area contributed by atoms with Gasteiger partial charge >= 0.3 is 0 Å². The highest BCUT2D eigenvalue weighted by atomic mass is 35.5. The first-order chi connectivity index (χ1) is 6.72. The van der Waals surface area contributed by atoms with E-state index in [-0.39, 0.29) is 0 Å². The first-order valence-electron chi connectivity index (χ1n) is 4.33. The molecule has 0 amide bonds. The lowest BCUT2D eigenvalue weighted by Gasteiger charge is -2.10. The first-order valence-corrected chi connectivity index (χ1v) is 5.93. The SMILES string of the molecule is COc1c(Cl)cc(CCN)cc1SC. The summed E-state index contributed by atoms with van der Waals surface area (Å²) in [6.45, 7) is 0.635. The lowest BCUT2D eigenvalue weighted by Crippen LogP contribution is -2.03. The largest absolute Gasteiger partial charge is 0.494 e. The molecule has 0 saturated carbocycles. The summed E-state index contributed by atoms with van der Waals surface area (Å²) in [6, 6.07) is 3.98. The molecule has 0 spiro atoms. The summed E-state index contributed by atoms with van der Waals surface area (Å²) in [5, 5.41) is 0.655. The summed E-state index contributed by atoms with van der Waals surface area (Å²) >= 11 is 7.69. The normalized spacial score (nSPS) is 10.3. The van der Waals surface area contributed by atoms with Crippen LogP contribution in [0, 0.1) is 0 Å². The van der Waals surface area contributed by atoms with E-state index < -0.39 is 0 Å². The third kappa shape index (κ3) is 2.56. The predicted octanol–water partition coefficient (Wildman–Crippen LogP) is 2.57. The summed E-state index contributed by atoms with van der Waals surface area (Å²) in [5.41, 5.74) is 6.65. The molecule has 0 unspecified atom stereocenters. The summed E-state index contributed by atoms with van der Waals surface area (Å²) in [4.78, 5) is 1.06. The van der Waals surface area contributed by atoms with Crippen LogP contribution in [-0.4, -0.2) is 19.9 Å². The molecule has 4 heteroatoms. The molecule has 14 heavy (non-hydrogen) atoms. The molecule has 0 heterocycles. The molecule has 0 saturated heterocycles. The fraction of sp³-hybridized carbons (Fsp3) is 0.400. The van der Waals surface area contributed by atoms with Crippen molar-refractivity contribution < 1.29 is 4.74 Å². The van der Waals surface area contributed by atoms with Gasteiger partial charge in [-0.15, -0.1) is 11.8 Å². The first kappa shape index (κ1) is 11.7. The minimum Gasteiger partial charge on any atom is -0.494 e. The van der Waals surface area contributed by atoms with Gasteiger partial charge in [0, 0.05) is 0 Å². The molecule has 1 aromatic rings. The van der Waals surface area contributed by atoms with Gasteiger partial charge in [-0.05, 0) is 36.9 Å². The molecule has 0 bridgehead atoms. The number of ether oxygens (including phenoxy) is 1. The van der Waals surface area contributed by atoms with Crippen molar-refractivity contribution in [1.82, 2.24) is 0 Å². The fourth-order valence-electron chi connectivity index (χ4n) is 1.28. The highest BCUT2D eigenvalue weighted by Crippen LogP contribution is 2.35. The van der Waals surface area contributed by atoms with Crippen molar-refractivity contribution in [1.29, 1.82) is 0 Å². The van der Waals surface area contributed by atoms with Crippen LogP contribution >= 0.6 is 23.4 Å². The third-order valence-corrected chi connectivity index (χ3v) is 2.95. The Hall–Kier alpha value is -0.380. The summed E-state index contributed by atoms with van der Waals surface area (Å²) in [6.07, 6.45) is 2.84. The van der Waals surface area contributed by atoms with Crippen LogP contribution in [0.4, 0.5) is 0 Å². The van der Waals surface area contributed by atoms with Crippen molar-refractivity contribution >= 4 is 23.4 Å². The Labute approximate surface area is 93.8 Å². The van der Waals surface area contributed by atoms with Crippen LogP contribution in [-0.2, 0) is 6.42 Å². The maximum Gasteiger partial charge on any atom is 0.150 e. The van der Waals surface area contributed by atoms with Crippen LogP contribution in [0.15, 0.2) is 17.0 Å². The molecule has 0 fully saturated rings. The van der Waals surface area contributed by atoms with E-state index in [9.17, 15) is 0 Å². The number of hydrogen-bond acceptors (Lipinski definition) is 3. The second-order valence-electron chi connectivity index (χ2n) is 2.85. The summed E-state index contributed by atoms with van der Waals surface area (Å²) < 4.78 is 5.22. The van der Waals surface area contributed by atoms with Crippen molar-refractivity contribution in [3.8, 4) is 5.75 Å². The smallest absolute Gasteiger partial charge is 0.150 e. The molecule has 2 N–H and O–H groups in total. The van der Waals surface area contributed by atoms with Gasteiger partial charge in [0.05, 0.1) is 17.0 Å². The van der Waals surface area contributed by atoms with Gasteiger partial charge < -0.3 is 10.5 Å². The van der Waals surface area contributed by atoms with Crippen molar-refractivity contribution in [3.63, 3.8) is 0 Å². The van der Waals surface area contributed by atoms with Crippen molar-refractivity contribution in [2.75, 3.05) is 19.9 Å². The number of halogens is 1. The van der Waals surface area contributed by atoms with Gasteiger partial charge in [-0.3, -0.25) is 0 Å². The van der Waals surface area contributed by atoms with Gasteiger partial charge in [0.1, 0.15) is 0 Å². The van der Waals surface area contributed by atoms with Crippen molar-refractivity contribution in [3.05, 3.63) is 22.7 Å². The fourth-order valence-corrected chi connectivity index (χ4v) is 2.31. The molecule has 0 aromatic heterocycles. The molecule has 0 aliphatic heterocycles. The number of hydrogen-bond donors (Lipinski definition) is 1. The zero-order chi connectivity index (χ0) is 10.6. The average molecular weight is 232 g/mol. The van der Waals surface area contributed by atoms with E-state index in [0.717, 1.165) is 22.6 Å². The minimum atomic E-state index is 0.635. The molecular weight excluding hydrogens is 218 g/mol. The summed E-state index contributed by atoms with van der Waals surface area (Å²) in [5.74, 6) is 0.750. The Balaban J connectivity index is 3.10. The van der Waals surface area contributed by atoms with Gasteiger partial charge in [-0.25, -0.2) is 0 Å². The maximum atomic E-state index is 6.07. The molecule has 1 aromatic carbocycles. The van der Waals surface area contributed by atoms with Crippen LogP contribution < -0.4 is 10.5 Å². The molecule has 0 aliphatic carbocycles. The lowest BCUT2D eigenvalue weighted by molar-refractivity contribution is 0.405. The topological polar surface area (TPSA) is 35.2 Å². The second kappa shape index (κ2) is 5.49. The number of thioether (sulfide) groups is 1. The van der Waals surface area contributed by atoms with Crippen LogP contribution in [0.2, 0.25) is 5.02 Å². The highest BCUT2D eigenvalue weighted by Gasteiger charge is 2.08. The van der Waals surface area contributed by atoms with Crippen LogP contribution in [0.5, 0.6) is 5.75 Å². The standard InChI is InChI=1S/C10H14ClNOS/c1-13-10-8(11)5-7(3-4-12)6-9(10)14-2/h5-6H,3-4,12H2,1-2H3. The second-order valence-corrected chi connectivity index (χ2v) is 4.11. The number of nitrogens with two attached hydrogens (primary N) is 1. The van der Waals surface area contributed by atoms with Gasteiger partial charge in [0.2, 0.25) is 0 Å². The maximum absolute atomic E-state index is 6.07. The predicted molar refractivity (Wildman–Crippen MR) is 62.5 cm³/mol. The molecule has 0 radical (unpaired) electrons. The van der Waals surface area contributed by atoms with Crippen LogP contribution in [0.1, 0.15) is 5.56 Å². The Morgan fingerprint density at radius 3 is 2.71 bits per heavy atom. The van der Waals surface area contributed by atoms with E-state index in [0.29, 0.717) is 11.6 Å². The number of rotatable bonds is 4. The highest BCUT2D eigenvalue weighted by molar-refractivity contribution is 7.98. The van der Waals surface area contributed by atoms with Crippen LogP contribution in [0.25, 0.3) is 0 Å². The Kier molecular flexibility index (Phi) is 4.58. The quantitative estimate of drug-likeness (QED) is 0.809. The van der Waals surface area contributed by atoms with E-state index in [1.807, 2.05) is 12.3 Å². The number of methoxy groups -OCH3 is 1. The van der Waals surface area contributed by atoms with Crippen LogP contribution in [0.3, 0.4) is 0 Å². The minimum absolute atomic E-state index is 0.635. The zero-order valence-corrected chi connectivity index (χ0v) is 9.91. The van der Waals surface area contributed by atoms with E-state index in [2.05, 4.69) is 6.07 Å². The van der Waals surface area contributed by atoms with Gasteiger partial charge in [0.25, 0.3) is 0 Å². The summed E-state index contributed by atoms with van der Waals surface area (Å²) in [7, 11) is 1.63. The monoisotopic (exact) mass is 231 g/mol. The molecule has 1 rings (SSSR count). The lowest BCUT2D eigenvalue weighted by atomic mass is 10.1. The Morgan fingerprint density at radius 1 is 1.50 bits per heavy atom. The number of benzene rings is 1. The van der Waals surface area contributed by atoms with E-state index in [4.69, 9.17) is 22.1 Å². The van der Waals surface area contributed by atoms with Gasteiger partial charge in [-0.2, -0.15) is 0 Å². The van der Waals surface area contributed by atoms with Crippen molar-refractivity contribution in [2.24, 2.45) is 5.73 Å². The molecule has 0 atom stereocenters. The van der Waals surface area contributed by atoms with E-state index in [1.165, 1.54) is 0 Å². The molecule has 2 nitrogen and oxygen atoms in total. The molecular formula is C10H14ClNOS. The Bertz CT molecular complexity index is 317.